The molecule has 2 N–H and O–H groups in total. The second-order valence-electron chi connectivity index (χ2n) is 6.00. The Balaban J connectivity index is 1.36. The summed E-state index contributed by atoms with van der Waals surface area (Å²) in [4.78, 5) is 28.8. The van der Waals surface area contributed by atoms with Crippen LogP contribution in [0.4, 0.5) is 14.9 Å². The van der Waals surface area contributed by atoms with Gasteiger partial charge >= 0.3 is 6.03 Å². The van der Waals surface area contributed by atoms with Gasteiger partial charge in [-0.15, -0.1) is 11.3 Å². The van der Waals surface area contributed by atoms with Crippen molar-refractivity contribution >= 4 is 29.0 Å². The Bertz CT molecular complexity index is 728. The minimum Gasteiger partial charge on any atom is -0.350 e. The first-order valence-corrected chi connectivity index (χ1v) is 9.35. The molecule has 0 radical (unpaired) electrons. The minimum atomic E-state index is -0.331. The van der Waals surface area contributed by atoms with Crippen LogP contribution in [0.15, 0.2) is 41.8 Å². The van der Waals surface area contributed by atoms with Crippen molar-refractivity contribution in [2.45, 2.75) is 0 Å². The highest BCUT2D eigenvalue weighted by molar-refractivity contribution is 7.12. The van der Waals surface area contributed by atoms with Crippen LogP contribution in [0.1, 0.15) is 9.67 Å². The van der Waals surface area contributed by atoms with E-state index in [0.717, 1.165) is 19.6 Å². The molecule has 6 nitrogen and oxygen atoms in total. The molecule has 1 aliphatic heterocycles. The second kappa shape index (κ2) is 8.77. The number of anilines is 1. The molecule has 26 heavy (non-hydrogen) atoms. The summed E-state index contributed by atoms with van der Waals surface area (Å²) in [6.07, 6.45) is 0. The molecule has 0 aliphatic carbocycles. The maximum absolute atomic E-state index is 12.9. The third kappa shape index (κ3) is 5.03. The van der Waals surface area contributed by atoms with Crippen molar-refractivity contribution in [2.24, 2.45) is 0 Å². The first-order valence-electron chi connectivity index (χ1n) is 8.47. The Morgan fingerprint density at radius 1 is 1.08 bits per heavy atom. The third-order valence-electron chi connectivity index (χ3n) is 4.21. The predicted octanol–water partition coefficient (Wildman–Crippen LogP) is 2.47. The van der Waals surface area contributed by atoms with Crippen molar-refractivity contribution in [1.82, 2.24) is 15.1 Å². The summed E-state index contributed by atoms with van der Waals surface area (Å²) in [6.45, 7) is 4.08. The molecule has 0 bridgehead atoms. The number of piperazine rings is 1. The van der Waals surface area contributed by atoms with Crippen LogP contribution in [0, 0.1) is 5.82 Å². The highest BCUT2D eigenvalue weighted by Gasteiger charge is 2.21. The number of hydrogen-bond acceptors (Lipinski definition) is 4. The van der Waals surface area contributed by atoms with Gasteiger partial charge in [0.1, 0.15) is 5.82 Å². The van der Waals surface area contributed by atoms with Gasteiger partial charge in [-0.2, -0.15) is 0 Å². The van der Waals surface area contributed by atoms with Crippen molar-refractivity contribution in [3.8, 4) is 0 Å². The highest BCUT2D eigenvalue weighted by Crippen LogP contribution is 2.11. The van der Waals surface area contributed by atoms with Crippen molar-refractivity contribution < 1.29 is 14.0 Å². The van der Waals surface area contributed by atoms with Gasteiger partial charge in [0, 0.05) is 45.0 Å². The molecule has 0 atom stereocenters. The van der Waals surface area contributed by atoms with Crippen LogP contribution in [0.5, 0.6) is 0 Å². The molecule has 1 aromatic heterocycles. The van der Waals surface area contributed by atoms with E-state index in [1.54, 1.807) is 23.1 Å². The lowest BCUT2D eigenvalue weighted by atomic mass is 10.3. The van der Waals surface area contributed by atoms with Crippen LogP contribution in [-0.4, -0.2) is 61.0 Å². The SMILES string of the molecule is O=C(NCCN1CCN(C(=O)Nc2ccc(F)cc2)CC1)c1cccs1. The van der Waals surface area contributed by atoms with Crippen molar-refractivity contribution in [3.63, 3.8) is 0 Å². The summed E-state index contributed by atoms with van der Waals surface area (Å²) < 4.78 is 12.9. The number of urea groups is 1. The quantitative estimate of drug-likeness (QED) is 0.843. The number of benzene rings is 1. The van der Waals surface area contributed by atoms with Gasteiger partial charge in [-0.1, -0.05) is 6.07 Å². The average molecular weight is 376 g/mol. The fourth-order valence-corrected chi connectivity index (χ4v) is 3.37. The Morgan fingerprint density at radius 3 is 2.46 bits per heavy atom. The van der Waals surface area contributed by atoms with Gasteiger partial charge in [0.05, 0.1) is 4.88 Å². The highest BCUT2D eigenvalue weighted by atomic mass is 32.1. The van der Waals surface area contributed by atoms with Crippen LogP contribution in [-0.2, 0) is 0 Å². The Kier molecular flexibility index (Phi) is 6.19. The molecule has 0 saturated carbocycles. The molecule has 1 saturated heterocycles. The summed E-state index contributed by atoms with van der Waals surface area (Å²) in [7, 11) is 0. The number of halogens is 1. The summed E-state index contributed by atoms with van der Waals surface area (Å²) in [6, 6.07) is 9.20. The number of rotatable bonds is 5. The molecule has 3 amide bonds. The summed E-state index contributed by atoms with van der Waals surface area (Å²) in [5.41, 5.74) is 0.579. The summed E-state index contributed by atoms with van der Waals surface area (Å²) in [5, 5.41) is 7.56. The molecule has 1 aliphatic rings. The minimum absolute atomic E-state index is 0.0442. The van der Waals surface area contributed by atoms with Gasteiger partial charge < -0.3 is 15.5 Å². The first kappa shape index (κ1) is 18.3. The molecule has 3 rings (SSSR count). The maximum Gasteiger partial charge on any atom is 0.321 e. The van der Waals surface area contributed by atoms with Crippen LogP contribution in [0.2, 0.25) is 0 Å². The molecule has 2 heterocycles. The van der Waals surface area contributed by atoms with E-state index in [1.165, 1.54) is 23.5 Å². The number of hydrogen-bond donors (Lipinski definition) is 2. The van der Waals surface area contributed by atoms with E-state index in [9.17, 15) is 14.0 Å². The van der Waals surface area contributed by atoms with Crippen molar-refractivity contribution in [1.29, 1.82) is 0 Å². The number of carbonyl (C=O) groups excluding carboxylic acids is 2. The number of thiophene rings is 1. The van der Waals surface area contributed by atoms with Gasteiger partial charge in [0.15, 0.2) is 0 Å². The zero-order valence-corrected chi connectivity index (χ0v) is 15.1. The smallest absolute Gasteiger partial charge is 0.321 e. The van der Waals surface area contributed by atoms with E-state index in [-0.39, 0.29) is 17.8 Å². The molecule has 1 fully saturated rings. The molecule has 138 valence electrons. The summed E-state index contributed by atoms with van der Waals surface area (Å²) >= 11 is 1.42. The molecular formula is C18H21FN4O2S. The van der Waals surface area contributed by atoms with Crippen molar-refractivity contribution in [3.05, 3.63) is 52.5 Å². The van der Waals surface area contributed by atoms with Crippen LogP contribution in [0.3, 0.4) is 0 Å². The third-order valence-corrected chi connectivity index (χ3v) is 5.08. The zero-order chi connectivity index (χ0) is 18.4. The van der Waals surface area contributed by atoms with Gasteiger partial charge in [-0.05, 0) is 35.7 Å². The normalized spacial score (nSPS) is 14.9. The first-order chi connectivity index (χ1) is 12.6. The lowest BCUT2D eigenvalue weighted by Gasteiger charge is -2.34. The van der Waals surface area contributed by atoms with Gasteiger partial charge in [0.25, 0.3) is 5.91 Å². The Morgan fingerprint density at radius 2 is 1.81 bits per heavy atom. The maximum atomic E-state index is 12.9. The molecule has 0 spiro atoms. The second-order valence-corrected chi connectivity index (χ2v) is 6.95. The van der Waals surface area contributed by atoms with Crippen LogP contribution in [0.25, 0.3) is 0 Å². The van der Waals surface area contributed by atoms with Gasteiger partial charge in [-0.3, -0.25) is 9.69 Å². The fourth-order valence-electron chi connectivity index (χ4n) is 2.73. The van der Waals surface area contributed by atoms with E-state index in [0.29, 0.717) is 30.2 Å². The van der Waals surface area contributed by atoms with E-state index in [4.69, 9.17) is 0 Å². The Hall–Kier alpha value is -2.45. The molecule has 0 unspecified atom stereocenters. The lowest BCUT2D eigenvalue weighted by molar-refractivity contribution is 0.0946. The number of carbonyl (C=O) groups is 2. The van der Waals surface area contributed by atoms with E-state index in [1.807, 2.05) is 11.4 Å². The molecular weight excluding hydrogens is 355 g/mol. The fraction of sp³-hybridized carbons (Fsp3) is 0.333. The lowest BCUT2D eigenvalue weighted by Crippen LogP contribution is -2.51. The number of nitrogens with zero attached hydrogens (tertiary/aromatic N) is 2. The topological polar surface area (TPSA) is 64.7 Å². The monoisotopic (exact) mass is 376 g/mol. The summed E-state index contributed by atoms with van der Waals surface area (Å²) in [5.74, 6) is -0.375. The van der Waals surface area contributed by atoms with Crippen LogP contribution < -0.4 is 10.6 Å². The van der Waals surface area contributed by atoms with E-state index < -0.39 is 0 Å². The van der Waals surface area contributed by atoms with E-state index >= 15 is 0 Å². The van der Waals surface area contributed by atoms with E-state index in [2.05, 4.69) is 15.5 Å². The standard InChI is InChI=1S/C18H21FN4O2S/c19-14-3-5-15(6-4-14)21-18(25)23-11-9-22(10-12-23)8-7-20-17(24)16-2-1-13-26-16/h1-6,13H,7-12H2,(H,20,24)(H,21,25). The number of nitrogens with one attached hydrogen (secondary N) is 2. The largest absolute Gasteiger partial charge is 0.350 e. The average Bonchev–Trinajstić information content (AvgIpc) is 3.19. The number of amides is 3. The Labute approximate surface area is 155 Å². The van der Waals surface area contributed by atoms with Gasteiger partial charge in [-0.25, -0.2) is 9.18 Å². The van der Waals surface area contributed by atoms with Gasteiger partial charge in [0.2, 0.25) is 0 Å². The van der Waals surface area contributed by atoms with Crippen LogP contribution >= 0.6 is 11.3 Å². The zero-order valence-electron chi connectivity index (χ0n) is 14.3. The molecule has 1 aromatic carbocycles. The molecule has 8 heteroatoms. The van der Waals surface area contributed by atoms with Crippen molar-refractivity contribution in [2.75, 3.05) is 44.6 Å². The molecule has 2 aromatic rings. The predicted molar refractivity (Wildman–Crippen MR) is 100 cm³/mol.